The molecule has 1 aliphatic heterocycles. The fourth-order valence-corrected chi connectivity index (χ4v) is 4.17. The monoisotopic (exact) mass is 388 g/mol. The lowest BCUT2D eigenvalue weighted by Crippen LogP contribution is -2.36. The highest BCUT2D eigenvalue weighted by Crippen LogP contribution is 2.26. The van der Waals surface area contributed by atoms with E-state index in [-0.39, 0.29) is 17.3 Å². The summed E-state index contributed by atoms with van der Waals surface area (Å²) in [6.07, 6.45) is 6.35. The van der Waals surface area contributed by atoms with Crippen LogP contribution in [0.1, 0.15) is 36.5 Å². The van der Waals surface area contributed by atoms with Crippen molar-refractivity contribution in [2.75, 3.05) is 25.0 Å². The van der Waals surface area contributed by atoms with Gasteiger partial charge in [0.25, 0.3) is 5.91 Å². The zero-order chi connectivity index (χ0) is 19.3. The Morgan fingerprint density at radius 2 is 1.81 bits per heavy atom. The summed E-state index contributed by atoms with van der Waals surface area (Å²) in [5.41, 5.74) is 1.71. The minimum absolute atomic E-state index is 0.0880. The lowest BCUT2D eigenvalue weighted by molar-refractivity contribution is 0.0725. The molecular weight excluding hydrogens is 364 g/mol. The quantitative estimate of drug-likeness (QED) is 0.794. The molecule has 7 nitrogen and oxygen atoms in total. The predicted octanol–water partition coefficient (Wildman–Crippen LogP) is 2.75. The molecule has 1 aliphatic rings. The van der Waals surface area contributed by atoms with Crippen LogP contribution in [0.3, 0.4) is 0 Å². The van der Waals surface area contributed by atoms with Crippen LogP contribution >= 0.6 is 0 Å². The van der Waals surface area contributed by atoms with Gasteiger partial charge in [0.15, 0.2) is 0 Å². The number of carbonyl (C=O) groups is 1. The highest BCUT2D eigenvalue weighted by Gasteiger charge is 2.24. The second kappa shape index (κ2) is 8.49. The molecule has 27 heavy (non-hydrogen) atoms. The number of aromatic nitrogens is 1. The van der Waals surface area contributed by atoms with Gasteiger partial charge in [-0.3, -0.25) is 9.78 Å². The third-order valence-electron chi connectivity index (χ3n) is 4.47. The van der Waals surface area contributed by atoms with E-state index in [0.717, 1.165) is 24.9 Å². The highest BCUT2D eigenvalue weighted by atomic mass is 32.2. The largest absolute Gasteiger partial charge is 0.355 e. The van der Waals surface area contributed by atoms with Gasteiger partial charge in [0.2, 0.25) is 10.0 Å². The van der Waals surface area contributed by atoms with Crippen LogP contribution in [-0.4, -0.2) is 43.8 Å². The lowest BCUT2D eigenvalue weighted by Gasteiger charge is -2.28. The molecule has 1 fully saturated rings. The summed E-state index contributed by atoms with van der Waals surface area (Å²) in [5.74, 6) is -0.153. The first-order valence-corrected chi connectivity index (χ1v) is 10.6. The van der Waals surface area contributed by atoms with Crippen LogP contribution in [0.2, 0.25) is 0 Å². The van der Waals surface area contributed by atoms with Gasteiger partial charge in [0.1, 0.15) is 0 Å². The van der Waals surface area contributed by atoms with Crippen molar-refractivity contribution in [3.63, 3.8) is 0 Å². The Bertz CT molecular complexity index is 894. The molecule has 1 saturated heterocycles. The van der Waals surface area contributed by atoms with E-state index in [1.807, 2.05) is 0 Å². The van der Waals surface area contributed by atoms with Crippen LogP contribution in [0.5, 0.6) is 0 Å². The minimum Gasteiger partial charge on any atom is -0.355 e. The van der Waals surface area contributed by atoms with E-state index in [2.05, 4.69) is 15.0 Å². The van der Waals surface area contributed by atoms with Gasteiger partial charge in [0.05, 0.1) is 16.1 Å². The van der Waals surface area contributed by atoms with Crippen LogP contribution < -0.4 is 10.0 Å². The molecular formula is C19H24N4O3S. The second-order valence-corrected chi connectivity index (χ2v) is 8.19. The average Bonchev–Trinajstić information content (AvgIpc) is 2.69. The average molecular weight is 388 g/mol. The molecule has 1 aromatic heterocycles. The fraction of sp³-hybridized carbons (Fsp3) is 0.368. The summed E-state index contributed by atoms with van der Waals surface area (Å²) in [4.78, 5) is 19.0. The van der Waals surface area contributed by atoms with Gasteiger partial charge in [-0.05, 0) is 49.6 Å². The topological polar surface area (TPSA) is 91.4 Å². The van der Waals surface area contributed by atoms with Crippen molar-refractivity contribution >= 4 is 27.3 Å². The summed E-state index contributed by atoms with van der Waals surface area (Å²) in [7, 11) is -3.65. The first kappa shape index (κ1) is 19.3. The number of pyridine rings is 1. The van der Waals surface area contributed by atoms with Crippen LogP contribution in [0.25, 0.3) is 0 Å². The first-order chi connectivity index (χ1) is 13.0. The fourth-order valence-electron chi connectivity index (χ4n) is 3.11. The van der Waals surface area contributed by atoms with Gasteiger partial charge in [-0.25, -0.2) is 13.1 Å². The van der Waals surface area contributed by atoms with Gasteiger partial charge in [-0.2, -0.15) is 0 Å². The summed E-state index contributed by atoms with van der Waals surface area (Å²) in [6.45, 7) is 3.39. The number of carbonyl (C=O) groups excluding carboxylic acids is 1. The highest BCUT2D eigenvalue weighted by molar-refractivity contribution is 7.89. The number of hydrogen-bond donors (Lipinski definition) is 2. The van der Waals surface area contributed by atoms with Crippen molar-refractivity contribution in [2.24, 2.45) is 0 Å². The first-order valence-electron chi connectivity index (χ1n) is 9.11. The molecule has 0 spiro atoms. The Balaban J connectivity index is 2.00. The van der Waals surface area contributed by atoms with Crippen molar-refractivity contribution < 1.29 is 13.2 Å². The molecule has 0 bridgehead atoms. The number of rotatable bonds is 6. The van der Waals surface area contributed by atoms with Crippen LogP contribution in [0.15, 0.2) is 47.6 Å². The zero-order valence-electron chi connectivity index (χ0n) is 15.3. The Labute approximate surface area is 159 Å². The normalized spacial score (nSPS) is 14.8. The van der Waals surface area contributed by atoms with Crippen LogP contribution in [-0.2, 0) is 10.0 Å². The number of benzene rings is 1. The molecule has 0 saturated carbocycles. The van der Waals surface area contributed by atoms with Crippen LogP contribution in [0, 0.1) is 0 Å². The number of nitrogens with zero attached hydrogens (tertiary/aromatic N) is 2. The van der Waals surface area contributed by atoms with Gasteiger partial charge in [-0.15, -0.1) is 0 Å². The number of piperidine rings is 1. The molecule has 0 aliphatic carbocycles. The summed E-state index contributed by atoms with van der Waals surface area (Å²) in [6, 6.07) is 8.19. The third-order valence-corrected chi connectivity index (χ3v) is 6.01. The van der Waals surface area contributed by atoms with E-state index in [9.17, 15) is 13.2 Å². The van der Waals surface area contributed by atoms with Crippen molar-refractivity contribution in [3.05, 3.63) is 48.3 Å². The molecule has 2 aromatic rings. The molecule has 144 valence electrons. The molecule has 0 unspecified atom stereocenters. The number of hydrogen-bond acceptors (Lipinski definition) is 5. The Morgan fingerprint density at radius 1 is 1.11 bits per heavy atom. The predicted molar refractivity (Wildman–Crippen MR) is 105 cm³/mol. The molecule has 8 heteroatoms. The number of anilines is 2. The summed E-state index contributed by atoms with van der Waals surface area (Å²) < 4.78 is 27.2. The van der Waals surface area contributed by atoms with Crippen molar-refractivity contribution in [2.45, 2.75) is 31.1 Å². The molecule has 1 amide bonds. The summed E-state index contributed by atoms with van der Waals surface area (Å²) >= 11 is 0. The van der Waals surface area contributed by atoms with E-state index in [4.69, 9.17) is 0 Å². The smallest absolute Gasteiger partial charge is 0.256 e. The van der Waals surface area contributed by atoms with E-state index >= 15 is 0 Å². The van der Waals surface area contributed by atoms with Gasteiger partial charge in [0, 0.05) is 37.7 Å². The van der Waals surface area contributed by atoms with Gasteiger partial charge >= 0.3 is 0 Å². The van der Waals surface area contributed by atoms with Crippen molar-refractivity contribution in [1.29, 1.82) is 0 Å². The Morgan fingerprint density at radius 3 is 2.48 bits per heavy atom. The summed E-state index contributed by atoms with van der Waals surface area (Å²) in [5, 5.41) is 3.20. The van der Waals surface area contributed by atoms with Crippen LogP contribution in [0.4, 0.5) is 11.4 Å². The van der Waals surface area contributed by atoms with Gasteiger partial charge < -0.3 is 10.2 Å². The van der Waals surface area contributed by atoms with E-state index in [0.29, 0.717) is 24.3 Å². The third kappa shape index (κ3) is 4.64. The molecule has 2 heterocycles. The Kier molecular flexibility index (Phi) is 6.08. The zero-order valence-corrected chi connectivity index (χ0v) is 16.1. The SMILES string of the molecule is CCNS(=O)(=O)c1ccc(Nc2ccncc2)c(C(=O)N2CCCCC2)c1. The Hall–Kier alpha value is -2.45. The van der Waals surface area contributed by atoms with E-state index < -0.39 is 10.0 Å². The number of likely N-dealkylation sites (tertiary alicyclic amines) is 1. The molecule has 2 N–H and O–H groups in total. The van der Waals surface area contributed by atoms with Gasteiger partial charge in [-0.1, -0.05) is 6.92 Å². The number of amides is 1. The molecule has 3 rings (SSSR count). The second-order valence-electron chi connectivity index (χ2n) is 6.42. The molecule has 0 radical (unpaired) electrons. The minimum atomic E-state index is -3.65. The maximum Gasteiger partial charge on any atom is 0.256 e. The van der Waals surface area contributed by atoms with E-state index in [1.54, 1.807) is 42.4 Å². The maximum absolute atomic E-state index is 13.1. The van der Waals surface area contributed by atoms with E-state index in [1.165, 1.54) is 12.1 Å². The van der Waals surface area contributed by atoms with Crippen molar-refractivity contribution in [1.82, 2.24) is 14.6 Å². The molecule has 0 atom stereocenters. The van der Waals surface area contributed by atoms with Crippen molar-refractivity contribution in [3.8, 4) is 0 Å². The lowest BCUT2D eigenvalue weighted by atomic mass is 10.1. The number of sulfonamides is 1. The molecule has 1 aromatic carbocycles. The maximum atomic E-state index is 13.1. The standard InChI is InChI=1S/C19H24N4O3S/c1-2-21-27(25,26)16-6-7-18(22-15-8-10-20-11-9-15)17(14-16)19(24)23-12-4-3-5-13-23/h6-11,14,21H,2-5,12-13H2,1H3,(H,20,22). The number of nitrogens with one attached hydrogen (secondary N) is 2.